The fourth-order valence-electron chi connectivity index (χ4n) is 4.49. The van der Waals surface area contributed by atoms with Crippen LogP contribution in [0.25, 0.3) is 0 Å². The van der Waals surface area contributed by atoms with Gasteiger partial charge < -0.3 is 10.6 Å². The molecule has 2 fully saturated rings. The molecule has 7 nitrogen and oxygen atoms in total. The second-order valence-corrected chi connectivity index (χ2v) is 11.1. The van der Waals surface area contributed by atoms with E-state index in [0.29, 0.717) is 28.1 Å². The van der Waals surface area contributed by atoms with Crippen molar-refractivity contribution in [2.75, 3.05) is 13.1 Å². The van der Waals surface area contributed by atoms with Gasteiger partial charge in [0.1, 0.15) is 0 Å². The van der Waals surface area contributed by atoms with Gasteiger partial charge in [-0.2, -0.15) is 4.31 Å². The van der Waals surface area contributed by atoms with Crippen molar-refractivity contribution in [2.24, 2.45) is 11.8 Å². The number of pyridine rings is 1. The van der Waals surface area contributed by atoms with Gasteiger partial charge in [0, 0.05) is 42.5 Å². The van der Waals surface area contributed by atoms with Crippen LogP contribution in [0, 0.1) is 11.8 Å². The summed E-state index contributed by atoms with van der Waals surface area (Å²) < 4.78 is 28.3. The number of hydrogen-bond donors (Lipinski definition) is 2. The summed E-state index contributed by atoms with van der Waals surface area (Å²) in [6.45, 7) is 2.18. The lowest BCUT2D eigenvalue weighted by atomic mass is 10.1. The second-order valence-electron chi connectivity index (χ2n) is 8.73. The van der Waals surface area contributed by atoms with Crippen molar-refractivity contribution in [2.45, 2.75) is 24.0 Å². The molecule has 0 bridgehead atoms. The molecule has 2 aromatic carbocycles. The number of piperidine rings is 1. The molecule has 0 spiro atoms. The van der Waals surface area contributed by atoms with Crippen LogP contribution in [-0.4, -0.2) is 42.7 Å². The Labute approximate surface area is 204 Å². The van der Waals surface area contributed by atoms with Gasteiger partial charge in [-0.15, -0.1) is 0 Å². The zero-order chi connectivity index (χ0) is 23.7. The molecule has 5 rings (SSSR count). The number of amides is 1. The summed E-state index contributed by atoms with van der Waals surface area (Å²) in [6.07, 6.45) is 1.64. The van der Waals surface area contributed by atoms with Crippen molar-refractivity contribution in [3.8, 4) is 0 Å². The highest BCUT2D eigenvalue weighted by molar-refractivity contribution is 7.89. The van der Waals surface area contributed by atoms with Crippen LogP contribution in [0.2, 0.25) is 5.02 Å². The maximum Gasteiger partial charge on any atom is 0.251 e. The molecule has 3 atom stereocenters. The highest BCUT2D eigenvalue weighted by Gasteiger charge is 2.53. The van der Waals surface area contributed by atoms with E-state index >= 15 is 0 Å². The minimum atomic E-state index is -3.81. The van der Waals surface area contributed by atoms with Crippen LogP contribution in [0.4, 0.5) is 0 Å². The Morgan fingerprint density at radius 3 is 2.35 bits per heavy atom. The summed E-state index contributed by atoms with van der Waals surface area (Å²) in [7, 11) is -3.81. The molecular weight excluding hydrogens is 472 g/mol. The van der Waals surface area contributed by atoms with Crippen LogP contribution in [-0.2, 0) is 23.1 Å². The zero-order valence-electron chi connectivity index (χ0n) is 18.4. The van der Waals surface area contributed by atoms with E-state index in [1.54, 1.807) is 54.7 Å². The average Bonchev–Trinajstić information content (AvgIpc) is 3.25. The molecular formula is C25H25ClN4O3S. The molecule has 1 aliphatic carbocycles. The van der Waals surface area contributed by atoms with Crippen molar-refractivity contribution < 1.29 is 13.2 Å². The van der Waals surface area contributed by atoms with E-state index < -0.39 is 10.0 Å². The fraction of sp³-hybridized carbons (Fsp3) is 0.280. The highest BCUT2D eigenvalue weighted by Crippen LogP contribution is 2.41. The Hall–Kier alpha value is -2.78. The lowest BCUT2D eigenvalue weighted by molar-refractivity contribution is 0.0946. The molecule has 0 unspecified atom stereocenters. The number of sulfonamides is 1. The molecule has 1 aromatic heterocycles. The largest absolute Gasteiger partial charge is 0.349 e. The second kappa shape index (κ2) is 9.46. The molecule has 2 aliphatic rings. The SMILES string of the molecule is O=C(N[C@H]1[C@@H]2CNC[C@@H]21)c1ccc(CN(Cc2ccccn2)S(=O)(=O)c2ccc(Cl)cc2)cc1. The maximum absolute atomic E-state index is 13.4. The maximum atomic E-state index is 13.4. The molecule has 2 N–H and O–H groups in total. The summed E-state index contributed by atoms with van der Waals surface area (Å²) in [5.74, 6) is 0.994. The molecule has 3 aromatic rings. The summed E-state index contributed by atoms with van der Waals surface area (Å²) in [6, 6.07) is 18.9. The third-order valence-electron chi connectivity index (χ3n) is 6.48. The predicted octanol–water partition coefficient (Wildman–Crippen LogP) is 3.07. The van der Waals surface area contributed by atoms with Crippen molar-refractivity contribution in [3.05, 3.63) is 94.8 Å². The molecule has 1 saturated heterocycles. The number of aromatic nitrogens is 1. The Bertz CT molecular complexity index is 1260. The summed E-state index contributed by atoms with van der Waals surface area (Å²) in [4.78, 5) is 17.1. The number of rotatable bonds is 8. The Balaban J connectivity index is 1.33. The van der Waals surface area contributed by atoms with E-state index in [2.05, 4.69) is 15.6 Å². The molecule has 9 heteroatoms. The van der Waals surface area contributed by atoms with E-state index in [1.165, 1.54) is 16.4 Å². The van der Waals surface area contributed by atoms with Gasteiger partial charge in [-0.3, -0.25) is 9.78 Å². The van der Waals surface area contributed by atoms with Gasteiger partial charge in [0.05, 0.1) is 17.1 Å². The van der Waals surface area contributed by atoms with E-state index in [0.717, 1.165) is 18.7 Å². The number of fused-ring (bicyclic) bond motifs is 1. The third-order valence-corrected chi connectivity index (χ3v) is 8.54. The summed E-state index contributed by atoms with van der Waals surface area (Å²) in [5.41, 5.74) is 1.98. The minimum Gasteiger partial charge on any atom is -0.349 e. The number of hydrogen-bond acceptors (Lipinski definition) is 5. The first-order chi connectivity index (χ1) is 16.4. The fourth-order valence-corrected chi connectivity index (χ4v) is 6.01. The number of nitrogens with zero attached hydrogens (tertiary/aromatic N) is 2. The van der Waals surface area contributed by atoms with Crippen molar-refractivity contribution in [3.63, 3.8) is 0 Å². The normalized spacial score (nSPS) is 21.3. The van der Waals surface area contributed by atoms with E-state index in [1.807, 2.05) is 6.07 Å². The molecule has 1 aliphatic heterocycles. The number of carbonyl (C=O) groups is 1. The number of halogens is 1. The van der Waals surface area contributed by atoms with E-state index in [9.17, 15) is 13.2 Å². The molecule has 1 amide bonds. The van der Waals surface area contributed by atoms with Gasteiger partial charge in [0.25, 0.3) is 5.91 Å². The Morgan fingerprint density at radius 2 is 1.71 bits per heavy atom. The predicted molar refractivity (Wildman–Crippen MR) is 130 cm³/mol. The topological polar surface area (TPSA) is 91.4 Å². The molecule has 1 saturated carbocycles. The number of benzene rings is 2. The highest BCUT2D eigenvalue weighted by atomic mass is 35.5. The first kappa shape index (κ1) is 23.0. The van der Waals surface area contributed by atoms with Crippen LogP contribution in [0.1, 0.15) is 21.6 Å². The monoisotopic (exact) mass is 496 g/mol. The van der Waals surface area contributed by atoms with E-state index in [4.69, 9.17) is 11.6 Å². The van der Waals surface area contributed by atoms with Crippen molar-refractivity contribution >= 4 is 27.5 Å². The van der Waals surface area contributed by atoms with Crippen LogP contribution >= 0.6 is 11.6 Å². The Kier molecular flexibility index (Phi) is 6.40. The van der Waals surface area contributed by atoms with E-state index in [-0.39, 0.29) is 29.9 Å². The number of carbonyl (C=O) groups excluding carboxylic acids is 1. The lowest BCUT2D eigenvalue weighted by Gasteiger charge is -2.22. The van der Waals surface area contributed by atoms with Crippen molar-refractivity contribution in [1.29, 1.82) is 0 Å². The lowest BCUT2D eigenvalue weighted by Crippen LogP contribution is -2.32. The van der Waals surface area contributed by atoms with Gasteiger partial charge in [0.2, 0.25) is 10.0 Å². The molecule has 2 heterocycles. The average molecular weight is 497 g/mol. The minimum absolute atomic E-state index is 0.0925. The zero-order valence-corrected chi connectivity index (χ0v) is 20.0. The van der Waals surface area contributed by atoms with Gasteiger partial charge in [-0.05, 0) is 65.9 Å². The van der Waals surface area contributed by atoms with Gasteiger partial charge in [-0.1, -0.05) is 29.8 Å². The van der Waals surface area contributed by atoms with Crippen LogP contribution < -0.4 is 10.6 Å². The molecule has 34 heavy (non-hydrogen) atoms. The smallest absolute Gasteiger partial charge is 0.251 e. The molecule has 0 radical (unpaired) electrons. The van der Waals surface area contributed by atoms with Crippen LogP contribution in [0.15, 0.2) is 77.8 Å². The van der Waals surface area contributed by atoms with Gasteiger partial charge >= 0.3 is 0 Å². The standard InChI is InChI=1S/C25H25ClN4O3S/c26-19-8-10-21(11-9-19)34(32,33)30(16-20-3-1-2-12-28-20)15-17-4-6-18(7-5-17)25(31)29-24-22-13-27-14-23(22)24/h1-12,22-24,27H,13-16H2,(H,29,31)/t22-,23+,24+. The summed E-state index contributed by atoms with van der Waals surface area (Å²) in [5, 5.41) is 6.90. The molecule has 176 valence electrons. The summed E-state index contributed by atoms with van der Waals surface area (Å²) >= 11 is 5.95. The van der Waals surface area contributed by atoms with Gasteiger partial charge in [-0.25, -0.2) is 8.42 Å². The Morgan fingerprint density at radius 1 is 1.00 bits per heavy atom. The first-order valence-corrected chi connectivity index (χ1v) is 13.0. The first-order valence-electron chi connectivity index (χ1n) is 11.2. The van der Waals surface area contributed by atoms with Gasteiger partial charge in [0.15, 0.2) is 0 Å². The third kappa shape index (κ3) is 4.86. The number of nitrogens with one attached hydrogen (secondary N) is 2. The van der Waals surface area contributed by atoms with Crippen LogP contribution in [0.5, 0.6) is 0 Å². The van der Waals surface area contributed by atoms with Crippen LogP contribution in [0.3, 0.4) is 0 Å². The quantitative estimate of drug-likeness (QED) is 0.500. The van der Waals surface area contributed by atoms with Crippen molar-refractivity contribution in [1.82, 2.24) is 19.9 Å².